The number of imidazole rings is 1. The van der Waals surface area contributed by atoms with Crippen molar-refractivity contribution in [2.24, 2.45) is 0 Å². The monoisotopic (exact) mass is 287 g/mol. The molecule has 1 aromatic carbocycles. The summed E-state index contributed by atoms with van der Waals surface area (Å²) in [6.45, 7) is 4.02. The number of ether oxygens (including phenoxy) is 1. The van der Waals surface area contributed by atoms with Crippen LogP contribution < -0.4 is 5.32 Å². The third-order valence-corrected chi connectivity index (χ3v) is 3.30. The Labute approximate surface area is 125 Å². The van der Waals surface area contributed by atoms with E-state index < -0.39 is 0 Å². The van der Waals surface area contributed by atoms with E-state index in [0.717, 1.165) is 24.4 Å². The summed E-state index contributed by atoms with van der Waals surface area (Å²) in [7, 11) is 1.66. The summed E-state index contributed by atoms with van der Waals surface area (Å²) in [5.41, 5.74) is 1.82. The van der Waals surface area contributed by atoms with Crippen molar-refractivity contribution in [3.05, 3.63) is 53.6 Å². The highest BCUT2D eigenvalue weighted by molar-refractivity contribution is 5.94. The van der Waals surface area contributed by atoms with Gasteiger partial charge in [-0.25, -0.2) is 4.98 Å². The molecule has 1 N–H and O–H groups in total. The predicted octanol–water partition coefficient (Wildman–Crippen LogP) is 2.01. The number of aryl methyl sites for hydroxylation is 1. The average Bonchev–Trinajstić information content (AvgIpc) is 2.89. The van der Waals surface area contributed by atoms with Crippen molar-refractivity contribution >= 4 is 5.91 Å². The van der Waals surface area contributed by atoms with Gasteiger partial charge in [-0.1, -0.05) is 12.1 Å². The number of nitrogens with one attached hydrogen (secondary N) is 1. The summed E-state index contributed by atoms with van der Waals surface area (Å²) in [6.07, 6.45) is 4.56. The van der Waals surface area contributed by atoms with E-state index in [1.54, 1.807) is 13.3 Å². The molecule has 112 valence electrons. The predicted molar refractivity (Wildman–Crippen MR) is 81.3 cm³/mol. The molecule has 2 aromatic rings. The van der Waals surface area contributed by atoms with E-state index in [1.807, 2.05) is 37.4 Å². The molecule has 0 aliphatic carbocycles. The number of carbonyl (C=O) groups is 1. The molecule has 0 saturated carbocycles. The van der Waals surface area contributed by atoms with Crippen LogP contribution in [-0.2, 0) is 11.3 Å². The lowest BCUT2D eigenvalue weighted by Crippen LogP contribution is -2.25. The Hall–Kier alpha value is -2.14. The topological polar surface area (TPSA) is 56.1 Å². The lowest BCUT2D eigenvalue weighted by atomic mass is 10.1. The molecule has 1 aromatic heterocycles. The van der Waals surface area contributed by atoms with Gasteiger partial charge in [0, 0.05) is 44.8 Å². The molecule has 21 heavy (non-hydrogen) atoms. The molecule has 5 nitrogen and oxygen atoms in total. The second-order valence-corrected chi connectivity index (χ2v) is 4.90. The van der Waals surface area contributed by atoms with Gasteiger partial charge in [0.1, 0.15) is 5.82 Å². The fourth-order valence-corrected chi connectivity index (χ4v) is 2.05. The van der Waals surface area contributed by atoms with E-state index in [0.29, 0.717) is 18.7 Å². The standard InChI is InChI=1S/C16H21N3O2/c1-13-17-9-10-19(13)12-14-4-6-15(7-5-14)16(20)18-8-3-11-21-2/h4-7,9-10H,3,8,11-12H2,1-2H3,(H,18,20). The largest absolute Gasteiger partial charge is 0.385 e. The molecule has 1 amide bonds. The minimum Gasteiger partial charge on any atom is -0.385 e. The van der Waals surface area contributed by atoms with Gasteiger partial charge < -0.3 is 14.6 Å². The Balaban J connectivity index is 1.89. The Morgan fingerprint density at radius 3 is 2.71 bits per heavy atom. The molecular weight excluding hydrogens is 266 g/mol. The van der Waals surface area contributed by atoms with E-state index >= 15 is 0 Å². The van der Waals surface area contributed by atoms with Gasteiger partial charge in [-0.05, 0) is 31.0 Å². The number of nitrogens with zero attached hydrogens (tertiary/aromatic N) is 2. The number of hydrogen-bond acceptors (Lipinski definition) is 3. The first kappa shape index (κ1) is 15.3. The van der Waals surface area contributed by atoms with Crippen molar-refractivity contribution in [2.45, 2.75) is 19.9 Å². The Bertz CT molecular complexity index is 575. The molecule has 0 radical (unpaired) electrons. The van der Waals surface area contributed by atoms with Crippen molar-refractivity contribution in [3.63, 3.8) is 0 Å². The summed E-state index contributed by atoms with van der Waals surface area (Å²) in [4.78, 5) is 16.1. The number of methoxy groups -OCH3 is 1. The fourth-order valence-electron chi connectivity index (χ4n) is 2.05. The first-order chi connectivity index (χ1) is 10.2. The number of benzene rings is 1. The fraction of sp³-hybridized carbons (Fsp3) is 0.375. The minimum absolute atomic E-state index is 0.0449. The third-order valence-electron chi connectivity index (χ3n) is 3.30. The van der Waals surface area contributed by atoms with E-state index in [2.05, 4.69) is 14.9 Å². The molecule has 0 unspecified atom stereocenters. The highest BCUT2D eigenvalue weighted by Gasteiger charge is 2.05. The zero-order chi connectivity index (χ0) is 15.1. The van der Waals surface area contributed by atoms with Crippen LogP contribution in [0.15, 0.2) is 36.7 Å². The molecule has 0 atom stereocenters. The van der Waals surface area contributed by atoms with E-state index in [4.69, 9.17) is 4.74 Å². The van der Waals surface area contributed by atoms with Crippen LogP contribution in [0.25, 0.3) is 0 Å². The van der Waals surface area contributed by atoms with Gasteiger partial charge in [0.15, 0.2) is 0 Å². The molecule has 0 saturated heterocycles. The lowest BCUT2D eigenvalue weighted by molar-refractivity contribution is 0.0948. The molecule has 0 bridgehead atoms. The van der Waals surface area contributed by atoms with E-state index in [1.165, 1.54) is 0 Å². The Morgan fingerprint density at radius 2 is 2.10 bits per heavy atom. The quantitative estimate of drug-likeness (QED) is 0.793. The van der Waals surface area contributed by atoms with Crippen molar-refractivity contribution < 1.29 is 9.53 Å². The smallest absolute Gasteiger partial charge is 0.251 e. The SMILES string of the molecule is COCCCNC(=O)c1ccc(Cn2ccnc2C)cc1. The van der Waals surface area contributed by atoms with Gasteiger partial charge in [-0.15, -0.1) is 0 Å². The zero-order valence-corrected chi connectivity index (χ0v) is 12.5. The molecule has 0 aliphatic rings. The van der Waals surface area contributed by atoms with Crippen LogP contribution in [-0.4, -0.2) is 35.7 Å². The van der Waals surface area contributed by atoms with E-state index in [-0.39, 0.29) is 5.91 Å². The van der Waals surface area contributed by atoms with Crippen LogP contribution in [0.2, 0.25) is 0 Å². The normalized spacial score (nSPS) is 10.6. The van der Waals surface area contributed by atoms with Gasteiger partial charge in [0.25, 0.3) is 5.91 Å². The van der Waals surface area contributed by atoms with Crippen LogP contribution in [0.4, 0.5) is 0 Å². The molecule has 0 spiro atoms. The number of carbonyl (C=O) groups excluding carboxylic acids is 1. The maximum absolute atomic E-state index is 11.9. The number of hydrogen-bond donors (Lipinski definition) is 1. The highest BCUT2D eigenvalue weighted by Crippen LogP contribution is 2.08. The second-order valence-electron chi connectivity index (χ2n) is 4.90. The first-order valence-corrected chi connectivity index (χ1v) is 7.04. The summed E-state index contributed by atoms with van der Waals surface area (Å²) < 4.78 is 7.02. The van der Waals surface area contributed by atoms with Gasteiger partial charge in [0.05, 0.1) is 0 Å². The van der Waals surface area contributed by atoms with Crippen LogP contribution in [0.5, 0.6) is 0 Å². The van der Waals surface area contributed by atoms with Crippen LogP contribution in [0, 0.1) is 6.92 Å². The zero-order valence-electron chi connectivity index (χ0n) is 12.5. The van der Waals surface area contributed by atoms with Crippen molar-refractivity contribution in [3.8, 4) is 0 Å². The summed E-state index contributed by atoms with van der Waals surface area (Å²) >= 11 is 0. The van der Waals surface area contributed by atoms with Gasteiger partial charge in [0.2, 0.25) is 0 Å². The Morgan fingerprint density at radius 1 is 1.33 bits per heavy atom. The third kappa shape index (κ3) is 4.43. The number of rotatable bonds is 7. The maximum Gasteiger partial charge on any atom is 0.251 e. The highest BCUT2D eigenvalue weighted by atomic mass is 16.5. The van der Waals surface area contributed by atoms with Gasteiger partial charge in [-0.3, -0.25) is 4.79 Å². The summed E-state index contributed by atoms with van der Waals surface area (Å²) in [5.74, 6) is 0.937. The minimum atomic E-state index is -0.0449. The van der Waals surface area contributed by atoms with Gasteiger partial charge >= 0.3 is 0 Å². The second kappa shape index (κ2) is 7.59. The molecule has 0 aliphatic heterocycles. The molecule has 2 rings (SSSR count). The number of amides is 1. The average molecular weight is 287 g/mol. The summed E-state index contributed by atoms with van der Waals surface area (Å²) in [6, 6.07) is 7.66. The van der Waals surface area contributed by atoms with Crippen LogP contribution >= 0.6 is 0 Å². The molecule has 5 heteroatoms. The van der Waals surface area contributed by atoms with Gasteiger partial charge in [-0.2, -0.15) is 0 Å². The van der Waals surface area contributed by atoms with Crippen molar-refractivity contribution in [2.75, 3.05) is 20.3 Å². The van der Waals surface area contributed by atoms with Crippen molar-refractivity contribution in [1.82, 2.24) is 14.9 Å². The Kier molecular flexibility index (Phi) is 5.51. The van der Waals surface area contributed by atoms with E-state index in [9.17, 15) is 4.79 Å². The first-order valence-electron chi connectivity index (χ1n) is 7.04. The maximum atomic E-state index is 11.9. The number of aromatic nitrogens is 2. The molecule has 0 fully saturated rings. The summed E-state index contributed by atoms with van der Waals surface area (Å²) in [5, 5.41) is 2.87. The van der Waals surface area contributed by atoms with Crippen LogP contribution in [0.3, 0.4) is 0 Å². The lowest BCUT2D eigenvalue weighted by Gasteiger charge is -2.07. The molecular formula is C16H21N3O2. The molecule has 1 heterocycles. The van der Waals surface area contributed by atoms with Crippen LogP contribution in [0.1, 0.15) is 28.2 Å². The van der Waals surface area contributed by atoms with Crippen molar-refractivity contribution in [1.29, 1.82) is 0 Å².